The third-order valence-electron chi connectivity index (χ3n) is 1.88. The number of carbonyl (C=O) groups is 1. The van der Waals surface area contributed by atoms with Gasteiger partial charge in [-0.15, -0.1) is 0 Å². The zero-order chi connectivity index (χ0) is 11.3. The van der Waals surface area contributed by atoms with Crippen LogP contribution in [0.4, 0.5) is 5.82 Å². The number of methoxy groups -OCH3 is 1. The lowest BCUT2D eigenvalue weighted by atomic mass is 10.4. The summed E-state index contributed by atoms with van der Waals surface area (Å²) in [6.45, 7) is 2.65. The molecule has 0 spiro atoms. The van der Waals surface area contributed by atoms with E-state index in [9.17, 15) is 4.79 Å². The van der Waals surface area contributed by atoms with E-state index in [1.165, 1.54) is 19.6 Å². The molecule has 0 saturated heterocycles. The molecule has 0 aromatic carbocycles. The molecular formula is C9H12ClN3O2. The van der Waals surface area contributed by atoms with Gasteiger partial charge in [-0.3, -0.25) is 4.79 Å². The summed E-state index contributed by atoms with van der Waals surface area (Å²) in [6, 6.07) is 0. The molecule has 0 amide bonds. The van der Waals surface area contributed by atoms with Gasteiger partial charge < -0.3 is 9.64 Å². The van der Waals surface area contributed by atoms with E-state index < -0.39 is 0 Å². The molecule has 6 heteroatoms. The Hall–Kier alpha value is -1.36. The van der Waals surface area contributed by atoms with Crippen molar-refractivity contribution in [1.82, 2.24) is 9.97 Å². The van der Waals surface area contributed by atoms with E-state index in [0.29, 0.717) is 17.4 Å². The number of nitrogens with zero attached hydrogens (tertiary/aromatic N) is 3. The highest BCUT2D eigenvalue weighted by Crippen LogP contribution is 2.20. The molecule has 1 heterocycles. The van der Waals surface area contributed by atoms with Crippen LogP contribution in [0.5, 0.6) is 0 Å². The van der Waals surface area contributed by atoms with Crippen LogP contribution in [0.2, 0.25) is 5.02 Å². The van der Waals surface area contributed by atoms with Gasteiger partial charge in [0.2, 0.25) is 0 Å². The first-order valence-electron chi connectivity index (χ1n) is 4.46. The Morgan fingerprint density at radius 1 is 1.67 bits per heavy atom. The Morgan fingerprint density at radius 2 is 2.40 bits per heavy atom. The topological polar surface area (TPSA) is 55.3 Å². The Kier molecular flexibility index (Phi) is 4.30. The molecule has 0 aliphatic heterocycles. The number of aromatic nitrogens is 2. The zero-order valence-corrected chi connectivity index (χ0v) is 9.36. The molecule has 15 heavy (non-hydrogen) atoms. The van der Waals surface area contributed by atoms with Gasteiger partial charge in [-0.2, -0.15) is 0 Å². The third-order valence-corrected chi connectivity index (χ3v) is 2.14. The lowest BCUT2D eigenvalue weighted by molar-refractivity contribution is -0.138. The zero-order valence-electron chi connectivity index (χ0n) is 8.61. The molecule has 82 valence electrons. The lowest BCUT2D eigenvalue weighted by Crippen LogP contribution is -2.31. The molecule has 1 aromatic heterocycles. The molecule has 0 fully saturated rings. The van der Waals surface area contributed by atoms with Crippen molar-refractivity contribution in [2.24, 2.45) is 0 Å². The Morgan fingerprint density at radius 3 is 2.93 bits per heavy atom. The highest BCUT2D eigenvalue weighted by Gasteiger charge is 2.13. The molecule has 0 atom stereocenters. The summed E-state index contributed by atoms with van der Waals surface area (Å²) in [6.07, 6.45) is 2.88. The molecule has 0 N–H and O–H groups in total. The van der Waals surface area contributed by atoms with Gasteiger partial charge >= 0.3 is 5.97 Å². The van der Waals surface area contributed by atoms with Crippen molar-refractivity contribution in [2.45, 2.75) is 6.92 Å². The summed E-state index contributed by atoms with van der Waals surface area (Å²) >= 11 is 5.91. The maximum Gasteiger partial charge on any atom is 0.325 e. The number of rotatable bonds is 4. The first-order chi connectivity index (χ1) is 7.19. The summed E-state index contributed by atoms with van der Waals surface area (Å²) in [4.78, 5) is 20.6. The number of anilines is 1. The smallest absolute Gasteiger partial charge is 0.325 e. The number of halogens is 1. The van der Waals surface area contributed by atoms with E-state index in [1.807, 2.05) is 6.92 Å². The van der Waals surface area contributed by atoms with Crippen molar-refractivity contribution in [3.8, 4) is 0 Å². The normalized spacial score (nSPS) is 9.80. The summed E-state index contributed by atoms with van der Waals surface area (Å²) < 4.78 is 4.58. The second-order valence-electron chi connectivity index (χ2n) is 2.78. The molecular weight excluding hydrogens is 218 g/mol. The highest BCUT2D eigenvalue weighted by atomic mass is 35.5. The molecule has 0 radical (unpaired) electrons. The first kappa shape index (κ1) is 11.7. The largest absolute Gasteiger partial charge is 0.468 e. The Labute approximate surface area is 93.0 Å². The van der Waals surface area contributed by atoms with E-state index in [2.05, 4.69) is 14.7 Å². The molecule has 0 unspecified atom stereocenters. The van der Waals surface area contributed by atoms with Gasteiger partial charge in [0.25, 0.3) is 0 Å². The molecule has 1 aromatic rings. The summed E-state index contributed by atoms with van der Waals surface area (Å²) in [5, 5.41) is 0.420. The molecule has 0 aliphatic rings. The lowest BCUT2D eigenvalue weighted by Gasteiger charge is -2.20. The number of hydrogen-bond acceptors (Lipinski definition) is 5. The maximum absolute atomic E-state index is 11.1. The summed E-state index contributed by atoms with van der Waals surface area (Å²) in [5.74, 6) is 0.214. The van der Waals surface area contributed by atoms with E-state index in [4.69, 9.17) is 11.6 Å². The molecule has 0 saturated carbocycles. The predicted octanol–water partition coefficient (Wildman–Crippen LogP) is 1.13. The van der Waals surface area contributed by atoms with Crippen LogP contribution in [0.1, 0.15) is 6.92 Å². The SMILES string of the molecule is CCN(CC(=O)OC)c1ncncc1Cl. The molecule has 1 rings (SSSR count). The second-order valence-corrected chi connectivity index (χ2v) is 3.19. The van der Waals surface area contributed by atoms with Crippen molar-refractivity contribution in [3.05, 3.63) is 17.5 Å². The van der Waals surface area contributed by atoms with Crippen LogP contribution < -0.4 is 4.90 Å². The molecule has 0 bridgehead atoms. The van der Waals surface area contributed by atoms with E-state index in [0.717, 1.165) is 0 Å². The highest BCUT2D eigenvalue weighted by molar-refractivity contribution is 6.32. The van der Waals surface area contributed by atoms with Crippen LogP contribution in [0.15, 0.2) is 12.5 Å². The van der Waals surface area contributed by atoms with Gasteiger partial charge in [-0.1, -0.05) is 11.6 Å². The summed E-state index contributed by atoms with van der Waals surface area (Å²) in [5.41, 5.74) is 0. The standard InChI is InChI=1S/C9H12ClN3O2/c1-3-13(5-8(14)15-2)9-7(10)4-11-6-12-9/h4,6H,3,5H2,1-2H3. The fourth-order valence-corrected chi connectivity index (χ4v) is 1.32. The first-order valence-corrected chi connectivity index (χ1v) is 4.84. The van der Waals surface area contributed by atoms with Crippen LogP contribution >= 0.6 is 11.6 Å². The molecule has 5 nitrogen and oxygen atoms in total. The van der Waals surface area contributed by atoms with Crippen molar-refractivity contribution < 1.29 is 9.53 Å². The van der Waals surface area contributed by atoms with Crippen LogP contribution in [0, 0.1) is 0 Å². The maximum atomic E-state index is 11.1. The average Bonchev–Trinajstić information content (AvgIpc) is 2.26. The van der Waals surface area contributed by atoms with Crippen LogP contribution in [-0.2, 0) is 9.53 Å². The van der Waals surface area contributed by atoms with Crippen molar-refractivity contribution in [1.29, 1.82) is 0 Å². The number of esters is 1. The van der Waals surface area contributed by atoms with Crippen LogP contribution in [-0.4, -0.2) is 36.1 Å². The van der Waals surface area contributed by atoms with Crippen LogP contribution in [0.25, 0.3) is 0 Å². The predicted molar refractivity (Wildman–Crippen MR) is 56.9 cm³/mol. The minimum Gasteiger partial charge on any atom is -0.468 e. The minimum atomic E-state index is -0.327. The monoisotopic (exact) mass is 229 g/mol. The van der Waals surface area contributed by atoms with Crippen molar-refractivity contribution in [3.63, 3.8) is 0 Å². The second kappa shape index (κ2) is 5.50. The van der Waals surface area contributed by atoms with E-state index >= 15 is 0 Å². The minimum absolute atomic E-state index is 0.129. The summed E-state index contributed by atoms with van der Waals surface area (Å²) in [7, 11) is 1.34. The number of ether oxygens (including phenoxy) is 1. The quantitative estimate of drug-likeness (QED) is 0.725. The van der Waals surface area contributed by atoms with Crippen molar-refractivity contribution in [2.75, 3.05) is 25.1 Å². The fourth-order valence-electron chi connectivity index (χ4n) is 1.10. The number of carbonyl (C=O) groups excluding carboxylic acids is 1. The van der Waals surface area contributed by atoms with Crippen molar-refractivity contribution >= 4 is 23.4 Å². The average molecular weight is 230 g/mol. The van der Waals surface area contributed by atoms with Gasteiger partial charge in [0.1, 0.15) is 17.9 Å². The number of hydrogen-bond donors (Lipinski definition) is 0. The van der Waals surface area contributed by atoms with Gasteiger partial charge in [0.15, 0.2) is 5.82 Å². The third kappa shape index (κ3) is 3.06. The van der Waals surface area contributed by atoms with E-state index in [-0.39, 0.29) is 12.5 Å². The molecule has 0 aliphatic carbocycles. The van der Waals surface area contributed by atoms with E-state index in [1.54, 1.807) is 4.90 Å². The number of likely N-dealkylation sites (N-methyl/N-ethyl adjacent to an activating group) is 1. The Balaban J connectivity index is 2.83. The van der Waals surface area contributed by atoms with Gasteiger partial charge in [0.05, 0.1) is 13.3 Å². The van der Waals surface area contributed by atoms with Gasteiger partial charge in [0, 0.05) is 6.54 Å². The van der Waals surface area contributed by atoms with Gasteiger partial charge in [-0.25, -0.2) is 9.97 Å². The Bertz CT molecular complexity index is 346. The van der Waals surface area contributed by atoms with Crippen LogP contribution in [0.3, 0.4) is 0 Å². The fraction of sp³-hybridized carbons (Fsp3) is 0.444. The van der Waals surface area contributed by atoms with Gasteiger partial charge in [-0.05, 0) is 6.92 Å².